The van der Waals surface area contributed by atoms with Crippen LogP contribution in [0.15, 0.2) is 72.9 Å². The maximum absolute atomic E-state index is 14.8. The van der Waals surface area contributed by atoms with Crippen molar-refractivity contribution in [2.45, 2.75) is 13.3 Å². The molecule has 2 N–H and O–H groups in total. The number of amides is 2. The van der Waals surface area contributed by atoms with E-state index < -0.39 is 17.6 Å². The van der Waals surface area contributed by atoms with Crippen molar-refractivity contribution in [3.8, 4) is 17.2 Å². The number of benzene rings is 3. The molecule has 0 atom stereocenters. The minimum Gasteiger partial charge on any atom is -0.496 e. The topological polar surface area (TPSA) is 89.6 Å². The number of carbonyl (C=O) groups is 2. The first-order valence-corrected chi connectivity index (χ1v) is 11.0. The maximum Gasteiger partial charge on any atom is 0.313 e. The summed E-state index contributed by atoms with van der Waals surface area (Å²) in [6.07, 6.45) is 2.16. The Labute approximate surface area is 201 Å². The Bertz CT molecular complexity index is 1380. The van der Waals surface area contributed by atoms with Crippen molar-refractivity contribution in [1.82, 2.24) is 10.3 Å². The van der Waals surface area contributed by atoms with E-state index in [1.54, 1.807) is 25.4 Å². The Hall–Kier alpha value is -4.46. The molecule has 0 radical (unpaired) electrons. The molecular formula is C27H24FN3O4. The average molecular weight is 474 g/mol. The Morgan fingerprint density at radius 1 is 0.943 bits per heavy atom. The van der Waals surface area contributed by atoms with Gasteiger partial charge in [0.1, 0.15) is 11.5 Å². The molecule has 35 heavy (non-hydrogen) atoms. The number of ether oxygens (including phenoxy) is 2. The molecule has 0 saturated carbocycles. The van der Waals surface area contributed by atoms with Gasteiger partial charge in [-0.05, 0) is 48.7 Å². The third-order valence-electron chi connectivity index (χ3n) is 5.38. The fraction of sp³-hybridized carbons (Fsp3) is 0.148. The van der Waals surface area contributed by atoms with Gasteiger partial charge in [-0.25, -0.2) is 4.39 Å². The molecule has 0 bridgehead atoms. The van der Waals surface area contributed by atoms with Crippen LogP contribution < -0.4 is 20.1 Å². The van der Waals surface area contributed by atoms with Crippen LogP contribution in [-0.2, 0) is 16.0 Å². The van der Waals surface area contributed by atoms with Crippen LogP contribution in [0, 0.1) is 12.7 Å². The molecule has 7 nitrogen and oxygen atoms in total. The van der Waals surface area contributed by atoms with Gasteiger partial charge in [0.05, 0.1) is 12.6 Å². The molecule has 178 valence electrons. The molecule has 4 aromatic rings. The van der Waals surface area contributed by atoms with Crippen LogP contribution in [0.3, 0.4) is 0 Å². The van der Waals surface area contributed by atoms with E-state index in [1.165, 1.54) is 12.1 Å². The van der Waals surface area contributed by atoms with Crippen molar-refractivity contribution in [3.05, 3.63) is 89.9 Å². The predicted molar refractivity (Wildman–Crippen MR) is 131 cm³/mol. The van der Waals surface area contributed by atoms with Gasteiger partial charge in [0.15, 0.2) is 11.6 Å². The third kappa shape index (κ3) is 5.73. The number of aromatic nitrogens is 1. The third-order valence-corrected chi connectivity index (χ3v) is 5.38. The number of methoxy groups -OCH3 is 1. The van der Waals surface area contributed by atoms with Gasteiger partial charge in [-0.15, -0.1) is 0 Å². The lowest BCUT2D eigenvalue weighted by Gasteiger charge is -2.12. The lowest BCUT2D eigenvalue weighted by atomic mass is 10.1. The standard InChI is InChI=1S/C27H24FN3O4/c1-17-14-20-22(16-25(17)34-2)29-13-11-23(20)35-24-9-8-19(15-21(24)28)31-27(33)26(32)30-12-10-18-6-4-3-5-7-18/h3-9,11,13-16H,10,12H2,1-2H3,(H,30,32)(H,31,33). The van der Waals surface area contributed by atoms with Gasteiger partial charge in [-0.1, -0.05) is 30.3 Å². The quantitative estimate of drug-likeness (QED) is 0.377. The highest BCUT2D eigenvalue weighted by Gasteiger charge is 2.16. The Morgan fingerprint density at radius 3 is 2.49 bits per heavy atom. The second kappa shape index (κ2) is 10.6. The number of anilines is 1. The molecule has 0 spiro atoms. The first kappa shape index (κ1) is 23.7. The molecule has 0 fully saturated rings. The summed E-state index contributed by atoms with van der Waals surface area (Å²) in [4.78, 5) is 28.6. The second-order valence-corrected chi connectivity index (χ2v) is 7.84. The molecular weight excluding hydrogens is 449 g/mol. The van der Waals surface area contributed by atoms with Crippen LogP contribution in [0.4, 0.5) is 10.1 Å². The molecule has 0 aliphatic heterocycles. The van der Waals surface area contributed by atoms with Gasteiger partial charge in [0.2, 0.25) is 0 Å². The minimum atomic E-state index is -0.879. The normalized spacial score (nSPS) is 10.6. The fourth-order valence-corrected chi connectivity index (χ4v) is 3.58. The van der Waals surface area contributed by atoms with Crippen molar-refractivity contribution in [3.63, 3.8) is 0 Å². The minimum absolute atomic E-state index is 0.0312. The number of aryl methyl sites for hydroxylation is 1. The zero-order valence-electron chi connectivity index (χ0n) is 19.3. The predicted octanol–water partition coefficient (Wildman–Crippen LogP) is 4.78. The SMILES string of the molecule is COc1cc2nccc(Oc3ccc(NC(=O)C(=O)NCCc4ccccc4)cc3F)c2cc1C. The lowest BCUT2D eigenvalue weighted by Crippen LogP contribution is -2.36. The van der Waals surface area contributed by atoms with E-state index in [9.17, 15) is 14.0 Å². The van der Waals surface area contributed by atoms with Crippen molar-refractivity contribution in [2.24, 2.45) is 0 Å². The number of hydrogen-bond acceptors (Lipinski definition) is 5. The number of pyridine rings is 1. The van der Waals surface area contributed by atoms with Crippen LogP contribution in [0.1, 0.15) is 11.1 Å². The van der Waals surface area contributed by atoms with Crippen molar-refractivity contribution in [1.29, 1.82) is 0 Å². The first-order valence-electron chi connectivity index (χ1n) is 11.0. The largest absolute Gasteiger partial charge is 0.496 e. The van der Waals surface area contributed by atoms with Crippen LogP contribution in [-0.4, -0.2) is 30.5 Å². The molecule has 0 unspecified atom stereocenters. The summed E-state index contributed by atoms with van der Waals surface area (Å²) in [5, 5.41) is 5.66. The molecule has 0 aliphatic rings. The molecule has 4 rings (SSSR count). The number of halogens is 1. The van der Waals surface area contributed by atoms with Gasteiger partial charge in [-0.2, -0.15) is 0 Å². The number of nitrogens with zero attached hydrogens (tertiary/aromatic N) is 1. The van der Waals surface area contributed by atoms with E-state index in [1.807, 2.05) is 43.3 Å². The summed E-state index contributed by atoms with van der Waals surface area (Å²) in [5.41, 5.74) is 2.71. The smallest absolute Gasteiger partial charge is 0.313 e. The zero-order valence-corrected chi connectivity index (χ0v) is 19.3. The summed E-state index contributed by atoms with van der Waals surface area (Å²) in [6.45, 7) is 2.20. The molecule has 2 amide bonds. The second-order valence-electron chi connectivity index (χ2n) is 7.84. The monoisotopic (exact) mass is 473 g/mol. The molecule has 0 saturated heterocycles. The number of fused-ring (bicyclic) bond motifs is 1. The van der Waals surface area contributed by atoms with Crippen LogP contribution in [0.25, 0.3) is 10.9 Å². The van der Waals surface area contributed by atoms with Crippen LogP contribution in [0.2, 0.25) is 0 Å². The van der Waals surface area contributed by atoms with Crippen LogP contribution >= 0.6 is 0 Å². The highest BCUT2D eigenvalue weighted by atomic mass is 19.1. The number of hydrogen-bond donors (Lipinski definition) is 2. The summed E-state index contributed by atoms with van der Waals surface area (Å²) in [5.74, 6) is -1.28. The van der Waals surface area contributed by atoms with Crippen molar-refractivity contribution < 1.29 is 23.5 Å². The van der Waals surface area contributed by atoms with E-state index >= 15 is 0 Å². The summed E-state index contributed by atoms with van der Waals surface area (Å²) < 4.78 is 25.9. The zero-order chi connectivity index (χ0) is 24.8. The van der Waals surface area contributed by atoms with Gasteiger partial charge >= 0.3 is 11.8 Å². The Kier molecular flexibility index (Phi) is 7.21. The molecule has 1 heterocycles. The number of rotatable bonds is 7. The van der Waals surface area contributed by atoms with E-state index in [4.69, 9.17) is 9.47 Å². The summed E-state index contributed by atoms with van der Waals surface area (Å²) in [7, 11) is 1.58. The van der Waals surface area contributed by atoms with E-state index in [-0.39, 0.29) is 11.4 Å². The number of nitrogens with one attached hydrogen (secondary N) is 2. The molecule has 3 aromatic carbocycles. The van der Waals surface area contributed by atoms with Gasteiger partial charge in [0.25, 0.3) is 0 Å². The van der Waals surface area contributed by atoms with Crippen LogP contribution in [0.5, 0.6) is 17.2 Å². The maximum atomic E-state index is 14.8. The highest BCUT2D eigenvalue weighted by Crippen LogP contribution is 2.34. The van der Waals surface area contributed by atoms with E-state index in [2.05, 4.69) is 15.6 Å². The van der Waals surface area contributed by atoms with E-state index in [0.29, 0.717) is 35.4 Å². The Balaban J connectivity index is 1.40. The summed E-state index contributed by atoms with van der Waals surface area (Å²) in [6, 6.07) is 18.8. The first-order chi connectivity index (χ1) is 16.9. The molecule has 0 aliphatic carbocycles. The summed E-state index contributed by atoms with van der Waals surface area (Å²) >= 11 is 0. The van der Waals surface area contributed by atoms with Gasteiger partial charge in [0, 0.05) is 35.9 Å². The van der Waals surface area contributed by atoms with Gasteiger partial charge < -0.3 is 20.1 Å². The van der Waals surface area contributed by atoms with Gasteiger partial charge in [-0.3, -0.25) is 14.6 Å². The Morgan fingerprint density at radius 2 is 1.74 bits per heavy atom. The lowest BCUT2D eigenvalue weighted by molar-refractivity contribution is -0.136. The average Bonchev–Trinajstić information content (AvgIpc) is 2.86. The molecule has 1 aromatic heterocycles. The van der Waals surface area contributed by atoms with Crippen molar-refractivity contribution in [2.75, 3.05) is 19.0 Å². The van der Waals surface area contributed by atoms with Crippen molar-refractivity contribution >= 4 is 28.4 Å². The fourth-order valence-electron chi connectivity index (χ4n) is 3.58. The molecule has 8 heteroatoms. The highest BCUT2D eigenvalue weighted by molar-refractivity contribution is 6.39. The van der Waals surface area contributed by atoms with E-state index in [0.717, 1.165) is 17.2 Å². The number of carbonyl (C=O) groups excluding carboxylic acids is 2.